The first-order valence-corrected chi connectivity index (χ1v) is 5.09. The maximum absolute atomic E-state index is 11.6. The van der Waals surface area contributed by atoms with Crippen LogP contribution in [-0.2, 0) is 4.79 Å². The molecule has 13 heavy (non-hydrogen) atoms. The highest BCUT2D eigenvalue weighted by molar-refractivity contribution is 5.83. The summed E-state index contributed by atoms with van der Waals surface area (Å²) >= 11 is 0. The topological polar surface area (TPSA) is 32.3 Å². The van der Waals surface area contributed by atoms with Crippen LogP contribution in [0.3, 0.4) is 0 Å². The van der Waals surface area contributed by atoms with Gasteiger partial charge in [0.15, 0.2) is 0 Å². The normalized spacial score (nSPS) is 29.0. The van der Waals surface area contributed by atoms with Crippen molar-refractivity contribution in [1.82, 2.24) is 10.2 Å². The van der Waals surface area contributed by atoms with Crippen molar-refractivity contribution in [3.63, 3.8) is 0 Å². The fourth-order valence-corrected chi connectivity index (χ4v) is 1.78. The van der Waals surface area contributed by atoms with E-state index in [1.807, 2.05) is 18.9 Å². The van der Waals surface area contributed by atoms with Crippen molar-refractivity contribution < 1.29 is 4.79 Å². The van der Waals surface area contributed by atoms with Crippen LogP contribution in [0.2, 0.25) is 0 Å². The molecular weight excluding hydrogens is 164 g/mol. The van der Waals surface area contributed by atoms with E-state index in [4.69, 9.17) is 0 Å². The van der Waals surface area contributed by atoms with Gasteiger partial charge in [0, 0.05) is 7.05 Å². The Morgan fingerprint density at radius 3 is 2.54 bits per heavy atom. The monoisotopic (exact) mass is 184 g/mol. The van der Waals surface area contributed by atoms with Gasteiger partial charge in [-0.05, 0) is 18.8 Å². The summed E-state index contributed by atoms with van der Waals surface area (Å²) in [6.07, 6.45) is 2.17. The summed E-state index contributed by atoms with van der Waals surface area (Å²) in [6.45, 7) is 6.40. The summed E-state index contributed by atoms with van der Waals surface area (Å²) in [6, 6.07) is 0.0498. The average Bonchev–Trinajstić information content (AvgIpc) is 2.32. The van der Waals surface area contributed by atoms with Gasteiger partial charge in [0.25, 0.3) is 0 Å². The van der Waals surface area contributed by atoms with Crippen LogP contribution in [0.15, 0.2) is 0 Å². The lowest BCUT2D eigenvalue weighted by Gasteiger charge is -2.20. The second-order valence-electron chi connectivity index (χ2n) is 4.22. The fourth-order valence-electron chi connectivity index (χ4n) is 1.78. The van der Waals surface area contributed by atoms with Gasteiger partial charge < -0.3 is 4.90 Å². The van der Waals surface area contributed by atoms with Crippen LogP contribution in [0, 0.1) is 5.92 Å². The minimum absolute atomic E-state index is 0.0498. The van der Waals surface area contributed by atoms with Crippen LogP contribution in [0.4, 0.5) is 0 Å². The molecule has 0 bridgehead atoms. The first-order chi connectivity index (χ1) is 6.06. The fraction of sp³-hybridized carbons (Fsp3) is 0.900. The molecule has 3 nitrogen and oxygen atoms in total. The number of rotatable bonds is 3. The number of nitrogens with one attached hydrogen (secondary N) is 1. The summed E-state index contributed by atoms with van der Waals surface area (Å²) in [5.74, 6) is 0.872. The zero-order valence-corrected chi connectivity index (χ0v) is 9.00. The highest BCUT2D eigenvalue weighted by Gasteiger charge is 2.34. The first kappa shape index (κ1) is 10.5. The van der Waals surface area contributed by atoms with Crippen LogP contribution in [0.25, 0.3) is 0 Å². The summed E-state index contributed by atoms with van der Waals surface area (Å²) in [4.78, 5) is 13.4. The summed E-state index contributed by atoms with van der Waals surface area (Å²) in [7, 11) is 1.89. The molecule has 1 amide bonds. The van der Waals surface area contributed by atoms with E-state index in [-0.39, 0.29) is 18.1 Å². The number of hydrogen-bond donors (Lipinski definition) is 1. The van der Waals surface area contributed by atoms with Gasteiger partial charge in [-0.2, -0.15) is 0 Å². The van der Waals surface area contributed by atoms with E-state index in [2.05, 4.69) is 19.2 Å². The van der Waals surface area contributed by atoms with Crippen molar-refractivity contribution in [2.75, 3.05) is 7.05 Å². The van der Waals surface area contributed by atoms with Crippen molar-refractivity contribution in [1.29, 1.82) is 0 Å². The average molecular weight is 184 g/mol. The molecule has 1 heterocycles. The number of amides is 1. The predicted octanol–water partition coefficient (Wildman–Crippen LogP) is 1.20. The minimum atomic E-state index is 0.0498. The molecule has 1 N–H and O–H groups in total. The summed E-state index contributed by atoms with van der Waals surface area (Å²) < 4.78 is 0. The van der Waals surface area contributed by atoms with Crippen LogP contribution in [0.1, 0.15) is 33.6 Å². The van der Waals surface area contributed by atoms with Crippen LogP contribution in [-0.4, -0.2) is 30.1 Å². The molecule has 0 aromatic rings. The second kappa shape index (κ2) is 4.09. The molecule has 0 spiro atoms. The van der Waals surface area contributed by atoms with Crippen LogP contribution in [0.5, 0.6) is 0 Å². The Balaban J connectivity index is 2.55. The van der Waals surface area contributed by atoms with Crippen molar-refractivity contribution in [3.05, 3.63) is 0 Å². The van der Waals surface area contributed by atoms with E-state index >= 15 is 0 Å². The molecule has 3 heteroatoms. The molecule has 2 unspecified atom stereocenters. The lowest BCUT2D eigenvalue weighted by Crippen LogP contribution is -2.35. The minimum Gasteiger partial charge on any atom is -0.329 e. The molecule has 1 fully saturated rings. The van der Waals surface area contributed by atoms with Gasteiger partial charge in [-0.15, -0.1) is 0 Å². The third-order valence-electron chi connectivity index (χ3n) is 2.61. The van der Waals surface area contributed by atoms with Crippen molar-refractivity contribution in [2.45, 2.75) is 45.8 Å². The van der Waals surface area contributed by atoms with E-state index in [1.165, 1.54) is 0 Å². The highest BCUT2D eigenvalue weighted by Crippen LogP contribution is 2.16. The van der Waals surface area contributed by atoms with E-state index in [1.54, 1.807) is 0 Å². The standard InChI is InChI=1S/C10H20N2O/c1-5-8-10(13)12(4)9(11-8)6-7(2)3/h7-9,11H,5-6H2,1-4H3. The molecule has 1 saturated heterocycles. The predicted molar refractivity (Wildman–Crippen MR) is 53.2 cm³/mol. The number of likely N-dealkylation sites (N-methyl/N-ethyl adjacent to an activating group) is 1. The van der Waals surface area contributed by atoms with Gasteiger partial charge in [0.1, 0.15) is 0 Å². The van der Waals surface area contributed by atoms with Crippen molar-refractivity contribution in [2.24, 2.45) is 5.92 Å². The quantitative estimate of drug-likeness (QED) is 0.714. The van der Waals surface area contributed by atoms with Crippen LogP contribution >= 0.6 is 0 Å². The smallest absolute Gasteiger partial charge is 0.240 e. The number of carbonyl (C=O) groups is 1. The van der Waals surface area contributed by atoms with Gasteiger partial charge >= 0.3 is 0 Å². The maximum Gasteiger partial charge on any atom is 0.240 e. The van der Waals surface area contributed by atoms with Gasteiger partial charge in [0.2, 0.25) is 5.91 Å². The molecule has 0 saturated carbocycles. The van der Waals surface area contributed by atoms with Gasteiger partial charge in [0.05, 0.1) is 12.2 Å². The third kappa shape index (κ3) is 2.21. The Bertz CT molecular complexity index is 191. The van der Waals surface area contributed by atoms with Crippen molar-refractivity contribution in [3.8, 4) is 0 Å². The van der Waals surface area contributed by atoms with Crippen molar-refractivity contribution >= 4 is 5.91 Å². The maximum atomic E-state index is 11.6. The van der Waals surface area contributed by atoms with E-state index in [9.17, 15) is 4.79 Å². The third-order valence-corrected chi connectivity index (χ3v) is 2.61. The van der Waals surface area contributed by atoms with Gasteiger partial charge in [-0.25, -0.2) is 0 Å². The molecule has 76 valence electrons. The Labute approximate surface area is 80.5 Å². The zero-order valence-electron chi connectivity index (χ0n) is 9.00. The highest BCUT2D eigenvalue weighted by atomic mass is 16.2. The van der Waals surface area contributed by atoms with E-state index in [0.29, 0.717) is 5.92 Å². The molecule has 0 radical (unpaired) electrons. The second-order valence-corrected chi connectivity index (χ2v) is 4.22. The Morgan fingerprint density at radius 1 is 1.54 bits per heavy atom. The summed E-state index contributed by atoms with van der Waals surface area (Å²) in [5.41, 5.74) is 0. The molecular formula is C10H20N2O. The van der Waals surface area contributed by atoms with Gasteiger partial charge in [-0.3, -0.25) is 10.1 Å². The number of hydrogen-bond acceptors (Lipinski definition) is 2. The molecule has 0 aromatic carbocycles. The van der Waals surface area contributed by atoms with Gasteiger partial charge in [-0.1, -0.05) is 20.8 Å². The molecule has 0 aromatic heterocycles. The molecule has 1 aliphatic heterocycles. The van der Waals surface area contributed by atoms with E-state index < -0.39 is 0 Å². The molecule has 2 atom stereocenters. The SMILES string of the molecule is CCC1NC(CC(C)C)N(C)C1=O. The van der Waals surface area contributed by atoms with Crippen LogP contribution < -0.4 is 5.32 Å². The number of nitrogens with zero attached hydrogens (tertiary/aromatic N) is 1. The lowest BCUT2D eigenvalue weighted by molar-refractivity contribution is -0.128. The van der Waals surface area contributed by atoms with E-state index in [0.717, 1.165) is 12.8 Å². The Hall–Kier alpha value is -0.570. The molecule has 0 aliphatic carbocycles. The largest absolute Gasteiger partial charge is 0.329 e. The molecule has 1 rings (SSSR count). The number of carbonyl (C=O) groups excluding carboxylic acids is 1. The Morgan fingerprint density at radius 2 is 2.15 bits per heavy atom. The lowest BCUT2D eigenvalue weighted by atomic mass is 10.1. The zero-order chi connectivity index (χ0) is 10.0. The molecule has 1 aliphatic rings. The summed E-state index contributed by atoms with van der Waals surface area (Å²) in [5, 5.41) is 3.35. The Kier molecular flexibility index (Phi) is 3.31. The first-order valence-electron chi connectivity index (χ1n) is 5.09.